The molecule has 4 aromatic rings. The van der Waals surface area contributed by atoms with Crippen LogP contribution in [0, 0.1) is 0 Å². The summed E-state index contributed by atoms with van der Waals surface area (Å²) in [4.78, 5) is 38.8. The minimum atomic E-state index is -5.07. The average Bonchev–Trinajstić information content (AvgIpc) is 2.99. The van der Waals surface area contributed by atoms with Gasteiger partial charge in [-0.25, -0.2) is 0 Å². The van der Waals surface area contributed by atoms with Crippen LogP contribution in [-0.4, -0.2) is 89.0 Å². The number of aliphatic hydroxyl groups is 2. The van der Waals surface area contributed by atoms with Gasteiger partial charge in [-0.1, -0.05) is 24.3 Å². The van der Waals surface area contributed by atoms with Crippen LogP contribution in [0.15, 0.2) is 58.3 Å². The van der Waals surface area contributed by atoms with Gasteiger partial charge in [-0.2, -0.15) is 31.8 Å². The number of aliphatic hydroxyl groups excluding tert-OH is 2. The number of nitrogens with two attached hydrogens (primary N) is 1. The predicted octanol–water partition coefficient (Wildman–Crippen LogP) is 1.65. The quantitative estimate of drug-likeness (QED) is 0.0760. The number of ketones is 2. The van der Waals surface area contributed by atoms with Crippen LogP contribution in [0.1, 0.15) is 31.8 Å². The minimum Gasteiger partial charge on any atom is -0.397 e. The lowest BCUT2D eigenvalue weighted by Crippen LogP contribution is -2.31. The molecule has 8 N–H and O–H groups in total. The smallest absolute Gasteiger partial charge is 0.296 e. The molecule has 1 heterocycles. The van der Waals surface area contributed by atoms with Crippen molar-refractivity contribution in [2.75, 3.05) is 47.6 Å². The third-order valence-electron chi connectivity index (χ3n) is 6.88. The molecular formula is C27H24ClN7O10S2. The fourth-order valence-corrected chi connectivity index (χ4v) is 6.36. The second-order valence-electron chi connectivity index (χ2n) is 9.86. The number of nitrogen functional groups attached to an aromatic ring is 1. The average molecular weight is 706 g/mol. The number of nitrogens with zero attached hydrogens (tertiary/aromatic N) is 4. The van der Waals surface area contributed by atoms with E-state index >= 15 is 0 Å². The van der Waals surface area contributed by atoms with Gasteiger partial charge in [-0.15, -0.1) is 0 Å². The molecule has 47 heavy (non-hydrogen) atoms. The molecule has 0 radical (unpaired) electrons. The number of hydrogen-bond acceptors (Lipinski definition) is 15. The standard InChI is InChI=1S/C27H24ClN7O10S2/c28-25-32-26(34-27(33-25)35(7-9-36)8-10-37)30-13-5-6-16(18(11-13)46(40,41)42)31-17-12-19(47(43,44)45)22(29)21-20(17)23(38)14-3-1-2-4-15(14)24(21)39/h1-6,11-12,31,36-37H,7-10,29H2,(H,40,41,42)(H,43,44,45)(H,30,32,33,34). The first-order valence-corrected chi connectivity index (χ1v) is 16.6. The fourth-order valence-electron chi connectivity index (χ4n) is 4.89. The highest BCUT2D eigenvalue weighted by Crippen LogP contribution is 2.41. The number of benzene rings is 3. The highest BCUT2D eigenvalue weighted by atomic mass is 35.5. The second-order valence-corrected chi connectivity index (χ2v) is 13.0. The van der Waals surface area contributed by atoms with E-state index in [1.165, 1.54) is 35.2 Å². The fraction of sp³-hybridized carbons (Fsp3) is 0.148. The largest absolute Gasteiger partial charge is 0.397 e. The van der Waals surface area contributed by atoms with Crippen molar-refractivity contribution >= 4 is 78.0 Å². The normalized spacial score (nSPS) is 12.8. The van der Waals surface area contributed by atoms with Crippen molar-refractivity contribution < 1.29 is 45.7 Å². The predicted molar refractivity (Wildman–Crippen MR) is 168 cm³/mol. The van der Waals surface area contributed by atoms with Gasteiger partial charge in [-0.3, -0.25) is 18.7 Å². The third kappa shape index (κ3) is 6.72. The van der Waals surface area contributed by atoms with Gasteiger partial charge < -0.3 is 31.5 Å². The Kier molecular flexibility index (Phi) is 9.15. The zero-order valence-corrected chi connectivity index (χ0v) is 26.1. The molecule has 0 spiro atoms. The number of rotatable bonds is 11. The van der Waals surface area contributed by atoms with Crippen LogP contribution in [0.25, 0.3) is 0 Å². The van der Waals surface area contributed by atoms with Gasteiger partial charge in [-0.05, 0) is 35.9 Å². The molecule has 1 aliphatic carbocycles. The molecule has 5 rings (SSSR count). The number of halogens is 1. The van der Waals surface area contributed by atoms with Crippen molar-refractivity contribution in [3.8, 4) is 0 Å². The Morgan fingerprint density at radius 3 is 1.94 bits per heavy atom. The van der Waals surface area contributed by atoms with E-state index in [9.17, 15) is 45.7 Å². The summed E-state index contributed by atoms with van der Waals surface area (Å²) < 4.78 is 69.5. The van der Waals surface area contributed by atoms with E-state index in [1.807, 2.05) is 0 Å². The van der Waals surface area contributed by atoms with Crippen LogP contribution >= 0.6 is 11.6 Å². The molecule has 246 valence electrons. The van der Waals surface area contributed by atoms with Crippen molar-refractivity contribution in [1.29, 1.82) is 0 Å². The maximum atomic E-state index is 13.6. The Balaban J connectivity index is 1.61. The van der Waals surface area contributed by atoms with E-state index in [1.54, 1.807) is 0 Å². The lowest BCUT2D eigenvalue weighted by molar-refractivity contribution is 0.0980. The number of hydrogen-bond donors (Lipinski definition) is 7. The number of aromatic nitrogens is 3. The number of carbonyl (C=O) groups is 2. The van der Waals surface area contributed by atoms with Crippen molar-refractivity contribution in [2.45, 2.75) is 9.79 Å². The van der Waals surface area contributed by atoms with Crippen LogP contribution in [0.3, 0.4) is 0 Å². The molecule has 0 saturated heterocycles. The lowest BCUT2D eigenvalue weighted by Gasteiger charge is -2.24. The molecule has 0 saturated carbocycles. The van der Waals surface area contributed by atoms with Crippen molar-refractivity contribution in [3.05, 3.63) is 76.1 Å². The number of anilines is 6. The van der Waals surface area contributed by atoms with Crippen LogP contribution < -0.4 is 21.3 Å². The molecule has 0 atom stereocenters. The Bertz CT molecular complexity index is 2160. The third-order valence-corrected chi connectivity index (χ3v) is 8.84. The molecule has 1 aromatic heterocycles. The number of fused-ring (bicyclic) bond motifs is 2. The van der Waals surface area contributed by atoms with E-state index in [-0.39, 0.29) is 66.0 Å². The van der Waals surface area contributed by atoms with Gasteiger partial charge in [0.1, 0.15) is 9.79 Å². The summed E-state index contributed by atoms with van der Waals surface area (Å²) in [7, 11) is -10.1. The van der Waals surface area contributed by atoms with E-state index in [0.717, 1.165) is 18.2 Å². The molecule has 0 aliphatic heterocycles. The molecular weight excluding hydrogens is 682 g/mol. The van der Waals surface area contributed by atoms with Crippen LogP contribution in [0.5, 0.6) is 0 Å². The summed E-state index contributed by atoms with van der Waals surface area (Å²) in [6.45, 7) is -0.510. The van der Waals surface area contributed by atoms with E-state index < -0.39 is 64.1 Å². The summed E-state index contributed by atoms with van der Waals surface area (Å²) in [6.07, 6.45) is 0. The molecule has 20 heteroatoms. The Morgan fingerprint density at radius 2 is 1.36 bits per heavy atom. The summed E-state index contributed by atoms with van der Waals surface area (Å²) in [6, 6.07) is 9.83. The monoisotopic (exact) mass is 705 g/mol. The van der Waals surface area contributed by atoms with Crippen LogP contribution in [0.2, 0.25) is 5.28 Å². The van der Waals surface area contributed by atoms with E-state index in [4.69, 9.17) is 17.3 Å². The van der Waals surface area contributed by atoms with Crippen LogP contribution in [0.4, 0.5) is 34.6 Å². The molecule has 17 nitrogen and oxygen atoms in total. The van der Waals surface area contributed by atoms with Gasteiger partial charge in [0.15, 0.2) is 11.6 Å². The maximum absolute atomic E-state index is 13.6. The van der Waals surface area contributed by atoms with E-state index in [2.05, 4.69) is 25.6 Å². The van der Waals surface area contributed by atoms with Crippen molar-refractivity contribution in [1.82, 2.24) is 15.0 Å². The highest BCUT2D eigenvalue weighted by Gasteiger charge is 2.37. The molecule has 0 fully saturated rings. The zero-order chi connectivity index (χ0) is 34.3. The molecule has 3 aromatic carbocycles. The Morgan fingerprint density at radius 1 is 0.766 bits per heavy atom. The molecule has 0 amide bonds. The molecule has 0 bridgehead atoms. The Labute approximate surface area is 271 Å². The van der Waals surface area contributed by atoms with Crippen molar-refractivity contribution in [2.24, 2.45) is 0 Å². The molecule has 1 aliphatic rings. The van der Waals surface area contributed by atoms with Gasteiger partial charge in [0.05, 0.1) is 41.4 Å². The first-order chi connectivity index (χ1) is 22.1. The van der Waals surface area contributed by atoms with Gasteiger partial charge in [0.25, 0.3) is 20.2 Å². The van der Waals surface area contributed by atoms with Crippen LogP contribution in [-0.2, 0) is 20.2 Å². The highest BCUT2D eigenvalue weighted by molar-refractivity contribution is 7.86. The first kappa shape index (κ1) is 33.6. The zero-order valence-electron chi connectivity index (χ0n) is 23.7. The topological polar surface area (TPSA) is 275 Å². The van der Waals surface area contributed by atoms with Gasteiger partial charge >= 0.3 is 0 Å². The number of nitrogens with one attached hydrogen (secondary N) is 2. The van der Waals surface area contributed by atoms with Gasteiger partial charge in [0, 0.05) is 29.9 Å². The summed E-state index contributed by atoms with van der Waals surface area (Å²) in [5.74, 6) is -1.77. The second kappa shape index (κ2) is 12.8. The summed E-state index contributed by atoms with van der Waals surface area (Å²) >= 11 is 6.03. The maximum Gasteiger partial charge on any atom is 0.296 e. The number of carbonyl (C=O) groups excluding carboxylic acids is 2. The summed E-state index contributed by atoms with van der Waals surface area (Å²) in [5.41, 5.74) is 3.47. The van der Waals surface area contributed by atoms with E-state index in [0.29, 0.717) is 0 Å². The SMILES string of the molecule is Nc1c(S(=O)(=O)O)cc(Nc2ccc(Nc3nc(Cl)nc(N(CCO)CCO)n3)cc2S(=O)(=O)O)c2c1C(=O)c1ccccc1C2=O. The van der Waals surface area contributed by atoms with Crippen molar-refractivity contribution in [3.63, 3.8) is 0 Å². The lowest BCUT2D eigenvalue weighted by atomic mass is 9.82. The Hall–Kier alpha value is -4.76. The van der Waals surface area contributed by atoms with Gasteiger partial charge in [0.2, 0.25) is 17.2 Å². The molecule has 0 unspecified atom stereocenters. The minimum absolute atomic E-state index is 0.00889. The summed E-state index contributed by atoms with van der Waals surface area (Å²) in [5, 5.41) is 23.7. The first-order valence-electron chi connectivity index (χ1n) is 13.3.